The second-order valence-corrected chi connectivity index (χ2v) is 3.86. The van der Waals surface area contributed by atoms with E-state index in [0.29, 0.717) is 0 Å². The molecule has 0 aromatic heterocycles. The van der Waals surface area contributed by atoms with Gasteiger partial charge in [-0.1, -0.05) is 30.3 Å². The molecular weight excluding hydrogens is 196 g/mol. The Kier molecular flexibility index (Phi) is 2.18. The molecule has 0 unspecified atom stereocenters. The minimum Gasteiger partial charge on any atom is -0.325 e. The van der Waals surface area contributed by atoms with Crippen LogP contribution >= 0.6 is 0 Å². The number of hydrogen-bond donors (Lipinski definition) is 1. The van der Waals surface area contributed by atoms with Crippen LogP contribution in [0.3, 0.4) is 0 Å². The van der Waals surface area contributed by atoms with Gasteiger partial charge >= 0.3 is 0 Å². The highest BCUT2D eigenvalue weighted by molar-refractivity contribution is 5.78. The Balaban J connectivity index is 2.02. The van der Waals surface area contributed by atoms with E-state index in [9.17, 15) is 0 Å². The van der Waals surface area contributed by atoms with Crippen molar-refractivity contribution in [3.8, 4) is 0 Å². The van der Waals surface area contributed by atoms with E-state index in [0.717, 1.165) is 6.67 Å². The molecule has 2 aromatic rings. The Morgan fingerprint density at radius 3 is 2.56 bits per heavy atom. The lowest BCUT2D eigenvalue weighted by molar-refractivity contribution is -0.418. The van der Waals surface area contributed by atoms with Crippen LogP contribution in [-0.2, 0) is 0 Å². The van der Waals surface area contributed by atoms with Crippen LogP contribution < -0.4 is 5.32 Å². The summed E-state index contributed by atoms with van der Waals surface area (Å²) in [7, 11) is 0. The van der Waals surface area contributed by atoms with Crippen molar-refractivity contribution in [3.63, 3.8) is 0 Å². The number of nitrogens with zero attached hydrogens (tertiary/aromatic N) is 1. The lowest BCUT2D eigenvalue weighted by Gasteiger charge is -1.93. The highest BCUT2D eigenvalue weighted by atomic mass is 15.2. The Labute approximate surface area is 94.9 Å². The van der Waals surface area contributed by atoms with Gasteiger partial charge in [0, 0.05) is 11.6 Å². The van der Waals surface area contributed by atoms with E-state index in [1.807, 2.05) is 6.07 Å². The summed E-state index contributed by atoms with van der Waals surface area (Å²) in [6.07, 6.45) is 2.17. The molecule has 0 bridgehead atoms. The highest BCUT2D eigenvalue weighted by Crippen LogP contribution is 2.28. The lowest BCUT2D eigenvalue weighted by atomic mass is 10.2. The molecule has 0 saturated carbocycles. The normalized spacial score (nSPS) is 15.9. The predicted molar refractivity (Wildman–Crippen MR) is 66.5 cm³/mol. The fourth-order valence-corrected chi connectivity index (χ4v) is 1.96. The molecule has 3 rings (SSSR count). The molecule has 0 aliphatic carbocycles. The van der Waals surface area contributed by atoms with Gasteiger partial charge in [0.1, 0.15) is 5.69 Å². The maximum atomic E-state index is 3.37. The summed E-state index contributed by atoms with van der Waals surface area (Å²) < 4.78 is 2.23. The van der Waals surface area contributed by atoms with Gasteiger partial charge in [0.15, 0.2) is 6.21 Å². The summed E-state index contributed by atoms with van der Waals surface area (Å²) >= 11 is 0. The van der Waals surface area contributed by atoms with Crippen molar-refractivity contribution in [2.24, 2.45) is 0 Å². The Morgan fingerprint density at radius 2 is 1.69 bits per heavy atom. The van der Waals surface area contributed by atoms with E-state index in [-0.39, 0.29) is 0 Å². The molecule has 0 spiro atoms. The van der Waals surface area contributed by atoms with Gasteiger partial charge in [-0.15, -0.1) is 0 Å². The summed E-state index contributed by atoms with van der Waals surface area (Å²) in [4.78, 5) is 0. The maximum absolute atomic E-state index is 3.37. The van der Waals surface area contributed by atoms with E-state index in [1.54, 1.807) is 0 Å². The zero-order valence-corrected chi connectivity index (χ0v) is 8.93. The summed E-state index contributed by atoms with van der Waals surface area (Å²) in [5.41, 5.74) is 3.67. The van der Waals surface area contributed by atoms with Crippen molar-refractivity contribution in [2.45, 2.75) is 0 Å². The van der Waals surface area contributed by atoms with Crippen LogP contribution in [0.2, 0.25) is 0 Å². The van der Waals surface area contributed by atoms with E-state index < -0.39 is 0 Å². The zero-order chi connectivity index (χ0) is 10.8. The molecule has 0 saturated heterocycles. The van der Waals surface area contributed by atoms with E-state index in [2.05, 4.69) is 64.6 Å². The molecular formula is C14H13N2+. The number of nitrogens with one attached hydrogen (secondary N) is 1. The molecule has 1 heterocycles. The molecule has 78 valence electrons. The highest BCUT2D eigenvalue weighted by Gasteiger charge is 2.21. The van der Waals surface area contributed by atoms with Gasteiger partial charge < -0.3 is 5.32 Å². The molecule has 0 atom stereocenters. The molecule has 0 fully saturated rings. The zero-order valence-electron chi connectivity index (χ0n) is 8.93. The van der Waals surface area contributed by atoms with Crippen LogP contribution in [-0.4, -0.2) is 17.5 Å². The first-order valence-corrected chi connectivity index (χ1v) is 5.43. The SMILES string of the molecule is C(c1ccccc1)=[N+]1CNc2ccccc21. The van der Waals surface area contributed by atoms with Crippen molar-refractivity contribution >= 4 is 17.6 Å². The monoisotopic (exact) mass is 209 g/mol. The van der Waals surface area contributed by atoms with Crippen LogP contribution in [0.1, 0.15) is 5.56 Å². The van der Waals surface area contributed by atoms with Crippen molar-refractivity contribution < 1.29 is 4.58 Å². The van der Waals surface area contributed by atoms with Crippen LogP contribution in [0.15, 0.2) is 54.6 Å². The van der Waals surface area contributed by atoms with Crippen LogP contribution in [0, 0.1) is 0 Å². The summed E-state index contributed by atoms with van der Waals surface area (Å²) in [6.45, 7) is 0.842. The third-order valence-electron chi connectivity index (χ3n) is 2.76. The Morgan fingerprint density at radius 1 is 0.938 bits per heavy atom. The summed E-state index contributed by atoms with van der Waals surface area (Å²) in [6, 6.07) is 18.7. The summed E-state index contributed by atoms with van der Waals surface area (Å²) in [5.74, 6) is 0. The Bertz CT molecular complexity index is 529. The smallest absolute Gasteiger partial charge is 0.230 e. The number of hydrogen-bond acceptors (Lipinski definition) is 1. The fraction of sp³-hybridized carbons (Fsp3) is 0.0714. The van der Waals surface area contributed by atoms with Crippen molar-refractivity contribution in [1.29, 1.82) is 0 Å². The topological polar surface area (TPSA) is 15.0 Å². The minimum absolute atomic E-state index is 0.842. The minimum atomic E-state index is 0.842. The first kappa shape index (κ1) is 9.16. The third-order valence-corrected chi connectivity index (χ3v) is 2.76. The standard InChI is InChI=1S/C14H13N2/c1-2-6-12(7-3-1)10-16-11-15-13-8-4-5-9-14(13)16/h1-10,15H,11H2/q+1. The van der Waals surface area contributed by atoms with Crippen LogP contribution in [0.5, 0.6) is 0 Å². The molecule has 2 aromatic carbocycles. The molecule has 0 amide bonds. The number of benzene rings is 2. The number of anilines is 1. The van der Waals surface area contributed by atoms with Gasteiger partial charge in [-0.05, 0) is 18.2 Å². The number of rotatable bonds is 1. The van der Waals surface area contributed by atoms with E-state index >= 15 is 0 Å². The van der Waals surface area contributed by atoms with Crippen molar-refractivity contribution in [1.82, 2.24) is 0 Å². The van der Waals surface area contributed by atoms with Gasteiger partial charge in [-0.3, -0.25) is 0 Å². The second-order valence-electron chi connectivity index (χ2n) is 3.86. The van der Waals surface area contributed by atoms with E-state index in [1.165, 1.54) is 16.9 Å². The van der Waals surface area contributed by atoms with E-state index in [4.69, 9.17) is 0 Å². The number of para-hydroxylation sites is 2. The van der Waals surface area contributed by atoms with Crippen LogP contribution in [0.4, 0.5) is 11.4 Å². The fourth-order valence-electron chi connectivity index (χ4n) is 1.96. The third kappa shape index (κ3) is 1.58. The molecule has 1 N–H and O–H groups in total. The predicted octanol–water partition coefficient (Wildman–Crippen LogP) is 2.83. The van der Waals surface area contributed by atoms with Gasteiger partial charge in [-0.2, -0.15) is 4.58 Å². The van der Waals surface area contributed by atoms with Gasteiger partial charge in [-0.25, -0.2) is 0 Å². The molecule has 2 nitrogen and oxygen atoms in total. The molecule has 16 heavy (non-hydrogen) atoms. The molecule has 1 aliphatic rings. The quantitative estimate of drug-likeness (QED) is 0.714. The molecule has 1 aliphatic heterocycles. The lowest BCUT2D eigenvalue weighted by Crippen LogP contribution is -2.08. The molecule has 2 heteroatoms. The van der Waals surface area contributed by atoms with Gasteiger partial charge in [0.2, 0.25) is 12.4 Å². The summed E-state index contributed by atoms with van der Waals surface area (Å²) in [5, 5.41) is 3.37. The second kappa shape index (κ2) is 3.81. The largest absolute Gasteiger partial charge is 0.325 e. The first-order chi connectivity index (χ1) is 7.93. The average Bonchev–Trinajstić information content (AvgIpc) is 2.74. The number of fused-ring (bicyclic) bond motifs is 1. The average molecular weight is 209 g/mol. The maximum Gasteiger partial charge on any atom is 0.230 e. The van der Waals surface area contributed by atoms with Gasteiger partial charge in [0.05, 0.1) is 0 Å². The van der Waals surface area contributed by atoms with Gasteiger partial charge in [0.25, 0.3) is 0 Å². The van der Waals surface area contributed by atoms with Crippen molar-refractivity contribution in [3.05, 3.63) is 60.2 Å². The molecule has 0 radical (unpaired) electrons. The van der Waals surface area contributed by atoms with Crippen LogP contribution in [0.25, 0.3) is 0 Å². The Hall–Kier alpha value is -2.09. The van der Waals surface area contributed by atoms with Crippen molar-refractivity contribution in [2.75, 3.05) is 12.0 Å². The first-order valence-electron chi connectivity index (χ1n) is 5.43.